The largest absolute Gasteiger partial charge is 0.481 e. The van der Waals surface area contributed by atoms with Crippen LogP contribution in [0.15, 0.2) is 12.2 Å². The number of hydrogen-bond donors (Lipinski definition) is 3. The quantitative estimate of drug-likeness (QED) is 0.188. The zero-order chi connectivity index (χ0) is 27.0. The summed E-state index contributed by atoms with van der Waals surface area (Å²) in [5, 5.41) is 28.2. The van der Waals surface area contributed by atoms with E-state index in [1.165, 1.54) is 27.7 Å². The van der Waals surface area contributed by atoms with E-state index in [1.807, 2.05) is 0 Å². The fourth-order valence-corrected chi connectivity index (χ4v) is 2.32. The third-order valence-electron chi connectivity index (χ3n) is 5.29. The lowest BCUT2D eigenvalue weighted by molar-refractivity contribution is -0.167. The molecule has 34 heavy (non-hydrogen) atoms. The number of aliphatic hydroxyl groups excluding tert-OH is 2. The summed E-state index contributed by atoms with van der Waals surface area (Å²) in [5.41, 5.74) is -3.91. The maximum atomic E-state index is 12.3. The van der Waals surface area contributed by atoms with E-state index in [1.54, 1.807) is 27.7 Å². The Bertz CT molecular complexity index is 762. The number of carbonyl (C=O) groups excluding carboxylic acids is 3. The average molecular weight is 489 g/mol. The van der Waals surface area contributed by atoms with Gasteiger partial charge in [0.1, 0.15) is 12.7 Å². The second-order valence-electron chi connectivity index (χ2n) is 11.2. The minimum Gasteiger partial charge on any atom is -0.481 e. The summed E-state index contributed by atoms with van der Waals surface area (Å²) in [6.07, 6.45) is 0.641. The molecule has 0 aliphatic heterocycles. The van der Waals surface area contributed by atoms with Crippen LogP contribution in [0.25, 0.3) is 0 Å². The lowest BCUT2D eigenvalue weighted by atomic mass is 9.77. The molecule has 0 saturated heterocycles. The van der Waals surface area contributed by atoms with Crippen molar-refractivity contribution >= 4 is 23.9 Å². The molecule has 0 bridgehead atoms. The zero-order valence-corrected chi connectivity index (χ0v) is 21.5. The molecule has 0 heterocycles. The van der Waals surface area contributed by atoms with Gasteiger partial charge in [0.15, 0.2) is 0 Å². The second kappa shape index (κ2) is 12.3. The first kappa shape index (κ1) is 31.5. The summed E-state index contributed by atoms with van der Waals surface area (Å²) in [6.45, 7) is 12.0. The maximum absolute atomic E-state index is 12.3. The molecule has 10 nitrogen and oxygen atoms in total. The second-order valence-corrected chi connectivity index (χ2v) is 11.2. The highest BCUT2D eigenvalue weighted by atomic mass is 16.6. The number of carboxylic acid groups (broad SMARTS) is 1. The molecule has 0 aromatic heterocycles. The molecule has 0 aromatic carbocycles. The highest BCUT2D eigenvalue weighted by Gasteiger charge is 2.42. The van der Waals surface area contributed by atoms with Gasteiger partial charge in [0.05, 0.1) is 24.0 Å². The topological polar surface area (TPSA) is 157 Å². The van der Waals surface area contributed by atoms with Crippen molar-refractivity contribution in [2.24, 2.45) is 21.7 Å². The summed E-state index contributed by atoms with van der Waals surface area (Å²) in [7, 11) is 0. The van der Waals surface area contributed by atoms with Crippen LogP contribution in [0.4, 0.5) is 0 Å². The molecular formula is C24H40O10. The monoisotopic (exact) mass is 488 g/mol. The van der Waals surface area contributed by atoms with Gasteiger partial charge in [-0.2, -0.15) is 0 Å². The Hall–Kier alpha value is -2.46. The summed E-state index contributed by atoms with van der Waals surface area (Å²) >= 11 is 0. The van der Waals surface area contributed by atoms with Crippen LogP contribution >= 0.6 is 0 Å². The van der Waals surface area contributed by atoms with E-state index in [0.29, 0.717) is 0 Å². The Morgan fingerprint density at radius 3 is 1.74 bits per heavy atom. The van der Waals surface area contributed by atoms with Crippen molar-refractivity contribution in [2.75, 3.05) is 26.4 Å². The van der Waals surface area contributed by atoms with Crippen LogP contribution in [0, 0.1) is 21.7 Å². The molecule has 10 heteroatoms. The van der Waals surface area contributed by atoms with Crippen molar-refractivity contribution in [3.8, 4) is 0 Å². The molecule has 0 spiro atoms. The molecule has 3 N–H and O–H groups in total. The smallest absolute Gasteiger partial charge is 0.331 e. The molecule has 0 aliphatic carbocycles. The summed E-state index contributed by atoms with van der Waals surface area (Å²) in [6, 6.07) is 0. The van der Waals surface area contributed by atoms with Crippen LogP contribution in [-0.2, 0) is 33.4 Å². The SMILES string of the molecule is CC(C)(CO)COC(=O)C(C)(C)COC(=O)/C=C\C(=O)OC(CC(C)(C)CO)C(C)(C)C(=O)O. The van der Waals surface area contributed by atoms with Gasteiger partial charge in [-0.05, 0) is 39.5 Å². The van der Waals surface area contributed by atoms with Crippen molar-refractivity contribution in [2.45, 2.75) is 67.9 Å². The lowest BCUT2D eigenvalue weighted by Crippen LogP contribution is -2.43. The van der Waals surface area contributed by atoms with Gasteiger partial charge in [0, 0.05) is 24.2 Å². The highest BCUT2D eigenvalue weighted by Crippen LogP contribution is 2.34. The molecule has 0 saturated carbocycles. The van der Waals surface area contributed by atoms with Crippen LogP contribution in [0.2, 0.25) is 0 Å². The van der Waals surface area contributed by atoms with Crippen molar-refractivity contribution < 1.29 is 48.7 Å². The van der Waals surface area contributed by atoms with E-state index in [4.69, 9.17) is 14.2 Å². The molecule has 0 rings (SSSR count). The number of carbonyl (C=O) groups is 4. The van der Waals surface area contributed by atoms with E-state index in [2.05, 4.69) is 0 Å². The fourth-order valence-electron chi connectivity index (χ4n) is 2.32. The Balaban J connectivity index is 5.04. The number of hydrogen-bond acceptors (Lipinski definition) is 9. The molecule has 0 amide bonds. The van der Waals surface area contributed by atoms with E-state index in [0.717, 1.165) is 12.2 Å². The Kier molecular flexibility index (Phi) is 11.4. The van der Waals surface area contributed by atoms with Crippen LogP contribution < -0.4 is 0 Å². The van der Waals surface area contributed by atoms with Gasteiger partial charge >= 0.3 is 23.9 Å². The first-order chi connectivity index (χ1) is 15.3. The normalized spacial score (nSPS) is 13.9. The number of carboxylic acids is 1. The Labute approximate surface area is 201 Å². The maximum Gasteiger partial charge on any atom is 0.331 e. The molecular weight excluding hydrogens is 448 g/mol. The van der Waals surface area contributed by atoms with Crippen molar-refractivity contribution in [3.63, 3.8) is 0 Å². The van der Waals surface area contributed by atoms with E-state index < -0.39 is 51.6 Å². The minimum atomic E-state index is -1.44. The number of rotatable bonds is 14. The summed E-state index contributed by atoms with van der Waals surface area (Å²) in [4.78, 5) is 48.2. The fraction of sp³-hybridized carbons (Fsp3) is 0.750. The first-order valence-corrected chi connectivity index (χ1v) is 11.0. The molecule has 1 unspecified atom stereocenters. The number of aliphatic hydroxyl groups is 2. The summed E-state index contributed by atoms with van der Waals surface area (Å²) < 4.78 is 15.5. The van der Waals surface area contributed by atoms with E-state index in [9.17, 15) is 34.5 Å². The average Bonchev–Trinajstić information content (AvgIpc) is 2.73. The molecule has 0 fully saturated rings. The zero-order valence-electron chi connectivity index (χ0n) is 21.5. The third kappa shape index (κ3) is 10.6. The van der Waals surface area contributed by atoms with Gasteiger partial charge in [-0.15, -0.1) is 0 Å². The van der Waals surface area contributed by atoms with E-state index >= 15 is 0 Å². The first-order valence-electron chi connectivity index (χ1n) is 11.0. The van der Waals surface area contributed by atoms with Crippen molar-refractivity contribution in [3.05, 3.63) is 12.2 Å². The van der Waals surface area contributed by atoms with Crippen molar-refractivity contribution in [1.82, 2.24) is 0 Å². The molecule has 196 valence electrons. The Morgan fingerprint density at radius 2 is 1.26 bits per heavy atom. The van der Waals surface area contributed by atoms with Crippen LogP contribution in [0.3, 0.4) is 0 Å². The van der Waals surface area contributed by atoms with Crippen LogP contribution in [0.1, 0.15) is 61.8 Å². The number of esters is 3. The van der Waals surface area contributed by atoms with Gasteiger partial charge in [-0.25, -0.2) is 9.59 Å². The summed E-state index contributed by atoms with van der Waals surface area (Å²) in [5.74, 6) is -3.65. The number of ether oxygens (including phenoxy) is 3. The highest BCUT2D eigenvalue weighted by molar-refractivity contribution is 5.92. The van der Waals surface area contributed by atoms with Gasteiger partial charge in [-0.3, -0.25) is 9.59 Å². The van der Waals surface area contributed by atoms with Crippen LogP contribution in [0.5, 0.6) is 0 Å². The van der Waals surface area contributed by atoms with Crippen LogP contribution in [-0.4, -0.2) is 71.7 Å². The molecule has 0 aromatic rings. The van der Waals surface area contributed by atoms with Crippen molar-refractivity contribution in [1.29, 1.82) is 0 Å². The predicted octanol–water partition coefficient (Wildman–Crippen LogP) is 2.10. The standard InChI is InChI=1S/C24H40O10/c1-21(2,12-25)11-16(24(7,8)19(29)30)34-18(28)10-9-17(27)32-15-23(5,6)20(31)33-14-22(3,4)13-26/h9-10,16,25-26H,11-15H2,1-8H3,(H,29,30)/b10-9-. The molecule has 0 radical (unpaired) electrons. The van der Waals surface area contributed by atoms with Gasteiger partial charge in [-0.1, -0.05) is 27.7 Å². The third-order valence-corrected chi connectivity index (χ3v) is 5.29. The number of aliphatic carboxylic acids is 1. The minimum absolute atomic E-state index is 0.00754. The lowest BCUT2D eigenvalue weighted by Gasteiger charge is -2.35. The van der Waals surface area contributed by atoms with E-state index in [-0.39, 0.29) is 32.8 Å². The van der Waals surface area contributed by atoms with Gasteiger partial charge in [0.2, 0.25) is 0 Å². The Morgan fingerprint density at radius 1 is 0.765 bits per heavy atom. The predicted molar refractivity (Wildman–Crippen MR) is 122 cm³/mol. The van der Waals surface area contributed by atoms with Gasteiger partial charge < -0.3 is 29.5 Å². The van der Waals surface area contributed by atoms with Gasteiger partial charge in [0.25, 0.3) is 0 Å². The molecule has 1 atom stereocenters. The molecule has 0 aliphatic rings.